The molecule has 1 saturated carbocycles. The molecule has 0 N–H and O–H groups in total. The molecule has 4 atom stereocenters. The minimum atomic E-state index is -4.00. The maximum Gasteiger partial charge on any atom is 0.345 e. The average molecular weight is 332 g/mol. The number of hydrogen-bond donors (Lipinski definition) is 0. The van der Waals surface area contributed by atoms with Gasteiger partial charge in [0.25, 0.3) is 0 Å². The van der Waals surface area contributed by atoms with E-state index in [0.717, 1.165) is 0 Å². The summed E-state index contributed by atoms with van der Waals surface area (Å²) in [7, 11) is -4.00. The largest absolute Gasteiger partial charge is 0.450 e. The van der Waals surface area contributed by atoms with E-state index in [9.17, 15) is 18.0 Å². The zero-order valence-corrected chi connectivity index (χ0v) is 13.6. The Morgan fingerprint density at radius 2 is 2.05 bits per heavy atom. The van der Waals surface area contributed by atoms with E-state index in [1.54, 1.807) is 6.92 Å². The second kappa shape index (κ2) is 5.66. The lowest BCUT2D eigenvalue weighted by molar-refractivity contribution is -0.160. The smallest absolute Gasteiger partial charge is 0.345 e. The standard InChI is InChI=1S/C14H20O7S/c1-8(2)12(16)19-7-11(15)20-13-10-5-9(3)14(4,6-10)21-22(13,17)18/h9-10,13H,1,5-7H2,2-4H3. The van der Waals surface area contributed by atoms with Crippen LogP contribution in [0.5, 0.6) is 0 Å². The summed E-state index contributed by atoms with van der Waals surface area (Å²) in [6, 6.07) is 0. The van der Waals surface area contributed by atoms with E-state index in [1.807, 2.05) is 6.92 Å². The van der Waals surface area contributed by atoms with Gasteiger partial charge >= 0.3 is 22.1 Å². The van der Waals surface area contributed by atoms with Gasteiger partial charge in [-0.3, -0.25) is 4.18 Å². The van der Waals surface area contributed by atoms with Crippen molar-refractivity contribution in [3.8, 4) is 0 Å². The third kappa shape index (κ3) is 3.17. The first-order valence-corrected chi connectivity index (χ1v) is 8.49. The topological polar surface area (TPSA) is 96.0 Å². The molecule has 1 heterocycles. The lowest BCUT2D eigenvalue weighted by Gasteiger charge is -2.35. The molecule has 0 spiro atoms. The van der Waals surface area contributed by atoms with Crippen LogP contribution in [0.1, 0.15) is 33.6 Å². The maximum atomic E-state index is 12.2. The predicted octanol–water partition coefficient (Wildman–Crippen LogP) is 1.14. The first kappa shape index (κ1) is 17.0. The van der Waals surface area contributed by atoms with Crippen molar-refractivity contribution in [1.29, 1.82) is 0 Å². The Bertz CT molecular complexity index is 609. The quantitative estimate of drug-likeness (QED) is 0.433. The Morgan fingerprint density at radius 1 is 1.41 bits per heavy atom. The number of ether oxygens (including phenoxy) is 2. The molecule has 2 bridgehead atoms. The third-order valence-electron chi connectivity index (χ3n) is 4.26. The van der Waals surface area contributed by atoms with Crippen molar-refractivity contribution in [3.63, 3.8) is 0 Å². The van der Waals surface area contributed by atoms with Crippen LogP contribution in [0.25, 0.3) is 0 Å². The van der Waals surface area contributed by atoms with Gasteiger partial charge in [0.05, 0.1) is 5.60 Å². The Labute approximate surface area is 129 Å². The second-order valence-electron chi connectivity index (χ2n) is 6.20. The van der Waals surface area contributed by atoms with Gasteiger partial charge in [0.1, 0.15) is 0 Å². The van der Waals surface area contributed by atoms with E-state index in [2.05, 4.69) is 11.3 Å². The van der Waals surface area contributed by atoms with Crippen LogP contribution in [0.15, 0.2) is 12.2 Å². The maximum absolute atomic E-state index is 12.2. The Kier molecular flexibility index (Phi) is 4.36. The highest BCUT2D eigenvalue weighted by Crippen LogP contribution is 2.50. The fourth-order valence-electron chi connectivity index (χ4n) is 2.95. The molecule has 7 nitrogen and oxygen atoms in total. The highest BCUT2D eigenvalue weighted by atomic mass is 32.2. The van der Waals surface area contributed by atoms with Gasteiger partial charge in [-0.15, -0.1) is 0 Å². The molecule has 2 aliphatic rings. The van der Waals surface area contributed by atoms with Crippen molar-refractivity contribution in [2.24, 2.45) is 11.8 Å². The molecule has 2 rings (SSSR count). The van der Waals surface area contributed by atoms with Crippen LogP contribution >= 0.6 is 0 Å². The second-order valence-corrected chi connectivity index (χ2v) is 7.82. The van der Waals surface area contributed by atoms with Gasteiger partial charge < -0.3 is 9.47 Å². The van der Waals surface area contributed by atoms with Crippen molar-refractivity contribution in [1.82, 2.24) is 0 Å². The summed E-state index contributed by atoms with van der Waals surface area (Å²) >= 11 is 0. The molecule has 1 saturated heterocycles. The fourth-order valence-corrected chi connectivity index (χ4v) is 4.71. The Morgan fingerprint density at radius 3 is 2.64 bits per heavy atom. The summed E-state index contributed by atoms with van der Waals surface area (Å²) in [5.41, 5.74) is -1.94. The molecule has 1 aliphatic carbocycles. The summed E-state index contributed by atoms with van der Waals surface area (Å²) < 4.78 is 39.2. The minimum absolute atomic E-state index is 0.0530. The van der Waals surface area contributed by atoms with E-state index >= 15 is 0 Å². The van der Waals surface area contributed by atoms with Crippen LogP contribution in [0, 0.1) is 11.8 Å². The van der Waals surface area contributed by atoms with Gasteiger partial charge in [-0.2, -0.15) is 8.42 Å². The summed E-state index contributed by atoms with van der Waals surface area (Å²) in [6.07, 6.45) is 1.11. The predicted molar refractivity (Wildman–Crippen MR) is 76.0 cm³/mol. The number of hydrogen-bond acceptors (Lipinski definition) is 7. The molecule has 4 unspecified atom stereocenters. The number of rotatable bonds is 4. The van der Waals surface area contributed by atoms with Crippen LogP contribution in [0.2, 0.25) is 0 Å². The molecule has 22 heavy (non-hydrogen) atoms. The lowest BCUT2D eigenvalue weighted by Crippen LogP contribution is -2.46. The van der Waals surface area contributed by atoms with Gasteiger partial charge in [-0.05, 0) is 32.6 Å². The van der Waals surface area contributed by atoms with Crippen molar-refractivity contribution < 1.29 is 31.7 Å². The average Bonchev–Trinajstić information content (AvgIpc) is 2.63. The van der Waals surface area contributed by atoms with Crippen LogP contribution < -0.4 is 0 Å². The molecule has 2 fully saturated rings. The lowest BCUT2D eigenvalue weighted by atomic mass is 9.95. The van der Waals surface area contributed by atoms with Crippen molar-refractivity contribution in [2.75, 3.05) is 6.61 Å². The molecular formula is C14H20O7S. The van der Waals surface area contributed by atoms with E-state index in [0.29, 0.717) is 12.8 Å². The molecule has 0 amide bonds. The number of carbonyl (C=O) groups excluding carboxylic acids is 2. The Balaban J connectivity index is 2.02. The normalized spacial score (nSPS) is 35.7. The summed E-state index contributed by atoms with van der Waals surface area (Å²) in [4.78, 5) is 22.9. The minimum Gasteiger partial charge on any atom is -0.450 e. The number of carbonyl (C=O) groups is 2. The van der Waals surface area contributed by atoms with Crippen molar-refractivity contribution >= 4 is 22.1 Å². The molecule has 124 valence electrons. The van der Waals surface area contributed by atoms with Crippen LogP contribution in [0.4, 0.5) is 0 Å². The highest BCUT2D eigenvalue weighted by Gasteiger charge is 2.57. The molecular weight excluding hydrogens is 312 g/mol. The molecule has 0 aromatic heterocycles. The first-order chi connectivity index (χ1) is 10.0. The Hall–Kier alpha value is -1.41. The zero-order valence-electron chi connectivity index (χ0n) is 12.8. The van der Waals surface area contributed by atoms with Crippen molar-refractivity contribution in [2.45, 2.75) is 44.6 Å². The summed E-state index contributed by atoms with van der Waals surface area (Å²) in [5.74, 6) is -1.91. The highest BCUT2D eigenvalue weighted by molar-refractivity contribution is 7.87. The summed E-state index contributed by atoms with van der Waals surface area (Å²) in [6.45, 7) is 7.82. The molecule has 1 aliphatic heterocycles. The van der Waals surface area contributed by atoms with E-state index < -0.39 is 39.7 Å². The number of esters is 2. The molecule has 0 aromatic rings. The van der Waals surface area contributed by atoms with E-state index in [-0.39, 0.29) is 17.4 Å². The van der Waals surface area contributed by atoms with E-state index in [1.165, 1.54) is 6.92 Å². The van der Waals surface area contributed by atoms with Gasteiger partial charge in [0.15, 0.2) is 6.61 Å². The van der Waals surface area contributed by atoms with Crippen LogP contribution in [-0.4, -0.2) is 38.0 Å². The van der Waals surface area contributed by atoms with Crippen molar-refractivity contribution in [3.05, 3.63) is 12.2 Å². The fraction of sp³-hybridized carbons (Fsp3) is 0.714. The third-order valence-corrected chi connectivity index (χ3v) is 5.92. The molecule has 0 radical (unpaired) electrons. The number of fused-ring (bicyclic) bond motifs is 2. The van der Waals surface area contributed by atoms with Gasteiger partial charge in [0, 0.05) is 11.5 Å². The monoisotopic (exact) mass is 332 g/mol. The van der Waals surface area contributed by atoms with Crippen LogP contribution in [0.3, 0.4) is 0 Å². The first-order valence-electron chi connectivity index (χ1n) is 7.02. The van der Waals surface area contributed by atoms with Gasteiger partial charge in [0.2, 0.25) is 5.44 Å². The van der Waals surface area contributed by atoms with E-state index in [4.69, 9.17) is 8.92 Å². The summed E-state index contributed by atoms with van der Waals surface area (Å²) in [5, 5.41) is 0. The van der Waals surface area contributed by atoms with Gasteiger partial charge in [-0.1, -0.05) is 13.5 Å². The van der Waals surface area contributed by atoms with Gasteiger partial charge in [-0.25, -0.2) is 9.59 Å². The molecule has 0 aromatic carbocycles. The zero-order chi connectivity index (χ0) is 16.7. The van der Waals surface area contributed by atoms with Crippen LogP contribution in [-0.2, 0) is 33.4 Å². The SMILES string of the molecule is C=C(C)C(=O)OCC(=O)OC1C2CC(C)C(C)(C2)OS1(=O)=O. The molecule has 8 heteroatoms.